The van der Waals surface area contributed by atoms with Crippen LogP contribution in [0.4, 0.5) is 14.5 Å². The number of nitrogens with one attached hydrogen (secondary N) is 2. The van der Waals surface area contributed by atoms with Crippen molar-refractivity contribution in [2.45, 2.75) is 30.8 Å². The first-order chi connectivity index (χ1) is 18.6. The van der Waals surface area contributed by atoms with Gasteiger partial charge in [-0.25, -0.2) is 17.2 Å². The van der Waals surface area contributed by atoms with Crippen molar-refractivity contribution < 1.29 is 36.6 Å². The van der Waals surface area contributed by atoms with E-state index in [1.807, 2.05) is 0 Å². The Morgan fingerprint density at radius 1 is 0.949 bits per heavy atom. The smallest absolute Gasteiger partial charge is 0.261 e. The van der Waals surface area contributed by atoms with Crippen LogP contribution >= 0.6 is 0 Å². The maximum atomic E-state index is 13.3. The second-order valence-corrected chi connectivity index (χ2v) is 10.2. The standard InChI is InChI=1S/C27H29F2N3O6S/c1-19(27(35)30-15-2-16-33)32(17-20-3-5-21(28)6-4-20)26(34)18-38-24-11-13-25(14-12-24)39(36,37)31-23-9-7-22(29)8-10-23/h3-14,19,31,33H,2,15-18H2,1H3,(H,30,35)/t19-/m0/s1. The third-order valence-corrected chi connectivity index (χ3v) is 7.06. The van der Waals surface area contributed by atoms with Gasteiger partial charge in [-0.1, -0.05) is 12.1 Å². The summed E-state index contributed by atoms with van der Waals surface area (Å²) in [6.45, 7) is 1.26. The minimum atomic E-state index is -3.95. The lowest BCUT2D eigenvalue weighted by Gasteiger charge is -2.28. The van der Waals surface area contributed by atoms with Crippen molar-refractivity contribution in [1.82, 2.24) is 10.2 Å². The highest BCUT2D eigenvalue weighted by Gasteiger charge is 2.26. The Morgan fingerprint density at radius 2 is 1.54 bits per heavy atom. The van der Waals surface area contributed by atoms with Crippen LogP contribution in [0.3, 0.4) is 0 Å². The first-order valence-corrected chi connectivity index (χ1v) is 13.5. The van der Waals surface area contributed by atoms with Crippen molar-refractivity contribution in [1.29, 1.82) is 0 Å². The fraction of sp³-hybridized carbons (Fsp3) is 0.259. The number of amides is 2. The van der Waals surface area contributed by atoms with Gasteiger partial charge >= 0.3 is 0 Å². The maximum Gasteiger partial charge on any atom is 0.261 e. The lowest BCUT2D eigenvalue weighted by Crippen LogP contribution is -2.49. The monoisotopic (exact) mass is 561 g/mol. The molecule has 1 atom stereocenters. The number of hydrogen-bond donors (Lipinski definition) is 3. The second-order valence-electron chi connectivity index (χ2n) is 8.56. The molecule has 39 heavy (non-hydrogen) atoms. The number of hydrogen-bond acceptors (Lipinski definition) is 6. The van der Waals surface area contributed by atoms with E-state index >= 15 is 0 Å². The van der Waals surface area contributed by atoms with Gasteiger partial charge in [0.15, 0.2) is 6.61 Å². The molecule has 0 saturated heterocycles. The van der Waals surface area contributed by atoms with Gasteiger partial charge in [0.1, 0.15) is 23.4 Å². The van der Waals surface area contributed by atoms with Gasteiger partial charge in [-0.3, -0.25) is 14.3 Å². The molecule has 0 spiro atoms. The van der Waals surface area contributed by atoms with Gasteiger partial charge in [0, 0.05) is 25.4 Å². The summed E-state index contributed by atoms with van der Waals surface area (Å²) >= 11 is 0. The zero-order valence-corrected chi connectivity index (χ0v) is 22.0. The third-order valence-electron chi connectivity index (χ3n) is 5.66. The van der Waals surface area contributed by atoms with Gasteiger partial charge in [0.05, 0.1) is 4.90 Å². The van der Waals surface area contributed by atoms with Crippen molar-refractivity contribution in [2.24, 2.45) is 0 Å². The molecule has 2 amide bonds. The molecule has 0 heterocycles. The van der Waals surface area contributed by atoms with Crippen LogP contribution in [0, 0.1) is 11.6 Å². The molecule has 208 valence electrons. The molecule has 9 nitrogen and oxygen atoms in total. The van der Waals surface area contributed by atoms with E-state index in [2.05, 4.69) is 10.0 Å². The number of aliphatic hydroxyl groups is 1. The number of sulfonamides is 1. The fourth-order valence-corrected chi connectivity index (χ4v) is 4.54. The molecule has 0 aliphatic rings. The molecule has 3 aromatic rings. The van der Waals surface area contributed by atoms with Crippen LogP contribution in [0.25, 0.3) is 0 Å². The number of benzene rings is 3. The lowest BCUT2D eigenvalue weighted by atomic mass is 10.1. The normalized spacial score (nSPS) is 11.9. The van der Waals surface area contributed by atoms with Crippen LogP contribution in [0.15, 0.2) is 77.7 Å². The summed E-state index contributed by atoms with van der Waals surface area (Å²) in [5.41, 5.74) is 0.793. The number of carbonyl (C=O) groups excluding carboxylic acids is 2. The highest BCUT2D eigenvalue weighted by atomic mass is 32.2. The number of anilines is 1. The molecular weight excluding hydrogens is 532 g/mol. The van der Waals surface area contributed by atoms with Crippen LogP contribution in [-0.4, -0.2) is 56.0 Å². The van der Waals surface area contributed by atoms with E-state index in [1.54, 1.807) is 6.92 Å². The molecule has 12 heteroatoms. The summed E-state index contributed by atoms with van der Waals surface area (Å²) in [6.07, 6.45) is 0.360. The van der Waals surface area contributed by atoms with Gasteiger partial charge in [0.2, 0.25) is 5.91 Å². The topological polar surface area (TPSA) is 125 Å². The SMILES string of the molecule is C[C@@H](C(=O)NCCCO)N(Cc1ccc(F)cc1)C(=O)COc1ccc(S(=O)(=O)Nc2ccc(F)cc2)cc1. The Hall–Kier alpha value is -4.03. The van der Waals surface area contributed by atoms with Crippen LogP contribution in [0.1, 0.15) is 18.9 Å². The van der Waals surface area contributed by atoms with Gasteiger partial charge < -0.3 is 20.1 Å². The zero-order chi connectivity index (χ0) is 28.4. The lowest BCUT2D eigenvalue weighted by molar-refractivity contribution is -0.142. The minimum Gasteiger partial charge on any atom is -0.484 e. The van der Waals surface area contributed by atoms with Crippen molar-refractivity contribution >= 4 is 27.5 Å². The highest BCUT2D eigenvalue weighted by Crippen LogP contribution is 2.20. The number of halogens is 2. The number of rotatable bonds is 13. The van der Waals surface area contributed by atoms with E-state index in [0.717, 1.165) is 12.1 Å². The van der Waals surface area contributed by atoms with Gasteiger partial charge in [-0.05, 0) is 79.6 Å². The van der Waals surface area contributed by atoms with Crippen LogP contribution < -0.4 is 14.8 Å². The highest BCUT2D eigenvalue weighted by molar-refractivity contribution is 7.92. The molecule has 0 fully saturated rings. The van der Waals surface area contributed by atoms with Crippen molar-refractivity contribution in [3.05, 3.63) is 90.0 Å². The predicted octanol–water partition coefficient (Wildman–Crippen LogP) is 3.06. The average Bonchev–Trinajstić information content (AvgIpc) is 2.92. The predicted molar refractivity (Wildman–Crippen MR) is 140 cm³/mol. The Labute approximate surface area is 225 Å². The van der Waals surface area contributed by atoms with Crippen molar-refractivity contribution in [3.63, 3.8) is 0 Å². The first-order valence-electron chi connectivity index (χ1n) is 12.0. The van der Waals surface area contributed by atoms with Crippen LogP contribution in [0.5, 0.6) is 5.75 Å². The second kappa shape index (κ2) is 13.7. The Morgan fingerprint density at radius 3 is 2.13 bits per heavy atom. The molecule has 0 radical (unpaired) electrons. The van der Waals surface area contributed by atoms with Gasteiger partial charge in [-0.15, -0.1) is 0 Å². The molecule has 0 saturated carbocycles. The van der Waals surface area contributed by atoms with E-state index in [9.17, 15) is 26.8 Å². The summed E-state index contributed by atoms with van der Waals surface area (Å²) in [6, 6.07) is 14.8. The molecular formula is C27H29F2N3O6S. The fourth-order valence-electron chi connectivity index (χ4n) is 3.48. The Balaban J connectivity index is 1.67. The largest absolute Gasteiger partial charge is 0.484 e. The minimum absolute atomic E-state index is 0.0172. The quantitative estimate of drug-likeness (QED) is 0.276. The summed E-state index contributed by atoms with van der Waals surface area (Å²) in [4.78, 5) is 26.9. The molecule has 3 rings (SSSR count). The summed E-state index contributed by atoms with van der Waals surface area (Å²) < 4.78 is 59.5. The molecule has 0 aliphatic heterocycles. The molecule has 0 aromatic heterocycles. The van der Waals surface area contributed by atoms with Crippen LogP contribution in [-0.2, 0) is 26.2 Å². The summed E-state index contributed by atoms with van der Waals surface area (Å²) in [5, 5.41) is 11.6. The van der Waals surface area contributed by atoms with E-state index in [4.69, 9.17) is 9.84 Å². The molecule has 0 bridgehead atoms. The first kappa shape index (κ1) is 29.5. The summed E-state index contributed by atoms with van der Waals surface area (Å²) in [5.74, 6) is -1.68. The van der Waals surface area contributed by atoms with Crippen LogP contribution in [0.2, 0.25) is 0 Å². The Kier molecular flexibility index (Phi) is 10.4. The maximum absolute atomic E-state index is 13.3. The van der Waals surface area contributed by atoms with Crippen molar-refractivity contribution in [2.75, 3.05) is 24.5 Å². The molecule has 0 aliphatic carbocycles. The van der Waals surface area contributed by atoms with Gasteiger partial charge in [0.25, 0.3) is 15.9 Å². The number of aliphatic hydroxyl groups excluding tert-OH is 1. The zero-order valence-electron chi connectivity index (χ0n) is 21.1. The summed E-state index contributed by atoms with van der Waals surface area (Å²) in [7, 11) is -3.95. The molecule has 3 aromatic carbocycles. The van der Waals surface area contributed by atoms with E-state index in [0.29, 0.717) is 12.0 Å². The number of nitrogens with zero attached hydrogens (tertiary/aromatic N) is 1. The molecule has 3 N–H and O–H groups in total. The number of carbonyl (C=O) groups is 2. The van der Waals surface area contributed by atoms with E-state index < -0.39 is 46.1 Å². The van der Waals surface area contributed by atoms with Crippen molar-refractivity contribution in [3.8, 4) is 5.75 Å². The molecule has 0 unspecified atom stereocenters. The van der Waals surface area contributed by atoms with E-state index in [-0.39, 0.29) is 36.0 Å². The van der Waals surface area contributed by atoms with E-state index in [1.165, 1.54) is 65.6 Å². The third kappa shape index (κ3) is 8.76. The number of ether oxygens (including phenoxy) is 1. The van der Waals surface area contributed by atoms with Gasteiger partial charge in [-0.2, -0.15) is 0 Å². The average molecular weight is 562 g/mol. The Bertz CT molecular complexity index is 1350.